The van der Waals surface area contributed by atoms with Gasteiger partial charge in [0.25, 0.3) is 0 Å². The average Bonchev–Trinajstić information content (AvgIpc) is 2.48. The molecule has 0 bridgehead atoms. The van der Waals surface area contributed by atoms with Crippen LogP contribution in [0.3, 0.4) is 0 Å². The van der Waals surface area contributed by atoms with Crippen molar-refractivity contribution in [2.24, 2.45) is 5.73 Å². The number of nitrogens with two attached hydrogens (primary N) is 1. The molecule has 0 radical (unpaired) electrons. The second-order valence-corrected chi connectivity index (χ2v) is 6.45. The lowest BCUT2D eigenvalue weighted by atomic mass is 9.79. The molecule has 2 atom stereocenters. The largest absolute Gasteiger partial charge is 0.323 e. The van der Waals surface area contributed by atoms with Gasteiger partial charge in [0.15, 0.2) is 0 Å². The SMILES string of the molecule is NC(CC1CCCc2ccccc21)c1ccc(Br)cn1. The smallest absolute Gasteiger partial charge is 0.0572 e. The van der Waals surface area contributed by atoms with Gasteiger partial charge in [-0.2, -0.15) is 0 Å². The van der Waals surface area contributed by atoms with Crippen molar-refractivity contribution in [1.82, 2.24) is 4.98 Å². The fraction of sp³-hybridized carbons (Fsp3) is 0.353. The highest BCUT2D eigenvalue weighted by Crippen LogP contribution is 2.36. The summed E-state index contributed by atoms with van der Waals surface area (Å²) in [5.41, 5.74) is 10.3. The Hall–Kier alpha value is -1.19. The Morgan fingerprint density at radius 1 is 1.25 bits per heavy atom. The van der Waals surface area contributed by atoms with Crippen molar-refractivity contribution < 1.29 is 0 Å². The molecule has 3 rings (SSSR count). The van der Waals surface area contributed by atoms with Crippen molar-refractivity contribution in [3.8, 4) is 0 Å². The highest BCUT2D eigenvalue weighted by Gasteiger charge is 2.22. The summed E-state index contributed by atoms with van der Waals surface area (Å²) in [4.78, 5) is 4.43. The number of rotatable bonds is 3. The molecule has 1 aliphatic carbocycles. The number of hydrogen-bond acceptors (Lipinski definition) is 2. The zero-order valence-corrected chi connectivity index (χ0v) is 13.0. The van der Waals surface area contributed by atoms with Crippen molar-refractivity contribution in [1.29, 1.82) is 0 Å². The number of aromatic nitrogens is 1. The van der Waals surface area contributed by atoms with Crippen LogP contribution in [0.1, 0.15) is 48.0 Å². The fourth-order valence-corrected chi connectivity index (χ4v) is 3.37. The third kappa shape index (κ3) is 2.94. The van der Waals surface area contributed by atoms with Gasteiger partial charge < -0.3 is 5.73 Å². The Labute approximate surface area is 128 Å². The van der Waals surface area contributed by atoms with Gasteiger partial charge in [-0.3, -0.25) is 4.98 Å². The number of fused-ring (bicyclic) bond motifs is 1. The molecule has 1 aliphatic rings. The molecule has 0 aliphatic heterocycles. The van der Waals surface area contributed by atoms with E-state index in [1.165, 1.54) is 30.4 Å². The quantitative estimate of drug-likeness (QED) is 0.908. The van der Waals surface area contributed by atoms with E-state index in [1.807, 2.05) is 18.3 Å². The first-order valence-electron chi connectivity index (χ1n) is 7.19. The van der Waals surface area contributed by atoms with Gasteiger partial charge in [0.05, 0.1) is 5.69 Å². The predicted octanol–water partition coefficient (Wildman–Crippen LogP) is 4.35. The van der Waals surface area contributed by atoms with E-state index in [9.17, 15) is 0 Å². The number of nitrogens with zero attached hydrogens (tertiary/aromatic N) is 1. The van der Waals surface area contributed by atoms with E-state index >= 15 is 0 Å². The van der Waals surface area contributed by atoms with Crippen molar-refractivity contribution in [3.63, 3.8) is 0 Å². The first-order chi connectivity index (χ1) is 9.74. The Balaban J connectivity index is 1.77. The summed E-state index contributed by atoms with van der Waals surface area (Å²) in [7, 11) is 0. The summed E-state index contributed by atoms with van der Waals surface area (Å²) in [6, 6.07) is 12.8. The lowest BCUT2D eigenvalue weighted by molar-refractivity contribution is 0.471. The van der Waals surface area contributed by atoms with Crippen LogP contribution in [-0.4, -0.2) is 4.98 Å². The van der Waals surface area contributed by atoms with Crippen LogP contribution in [0.2, 0.25) is 0 Å². The molecule has 0 saturated carbocycles. The van der Waals surface area contributed by atoms with Crippen LogP contribution in [0.5, 0.6) is 0 Å². The highest BCUT2D eigenvalue weighted by molar-refractivity contribution is 9.10. The predicted molar refractivity (Wildman–Crippen MR) is 85.6 cm³/mol. The Bertz CT molecular complexity index is 580. The molecule has 0 amide bonds. The van der Waals surface area contributed by atoms with Crippen LogP contribution in [0.25, 0.3) is 0 Å². The van der Waals surface area contributed by atoms with Gasteiger partial charge in [-0.1, -0.05) is 24.3 Å². The number of halogens is 1. The third-order valence-electron chi connectivity index (χ3n) is 4.16. The van der Waals surface area contributed by atoms with E-state index < -0.39 is 0 Å². The zero-order chi connectivity index (χ0) is 13.9. The maximum Gasteiger partial charge on any atom is 0.0572 e. The fourth-order valence-electron chi connectivity index (χ4n) is 3.13. The molecule has 0 fully saturated rings. The normalized spacial score (nSPS) is 19.4. The van der Waals surface area contributed by atoms with Gasteiger partial charge in [-0.05, 0) is 70.8 Å². The van der Waals surface area contributed by atoms with Gasteiger partial charge in [-0.25, -0.2) is 0 Å². The maximum absolute atomic E-state index is 6.36. The molecule has 0 spiro atoms. The molecule has 3 heteroatoms. The molecule has 2 N–H and O–H groups in total. The molecule has 0 saturated heterocycles. The van der Waals surface area contributed by atoms with Gasteiger partial charge in [0.2, 0.25) is 0 Å². The van der Waals surface area contributed by atoms with E-state index in [1.54, 1.807) is 0 Å². The van der Waals surface area contributed by atoms with Crippen LogP contribution in [0.4, 0.5) is 0 Å². The summed E-state index contributed by atoms with van der Waals surface area (Å²) < 4.78 is 0.997. The first-order valence-corrected chi connectivity index (χ1v) is 7.98. The van der Waals surface area contributed by atoms with Gasteiger partial charge in [0.1, 0.15) is 0 Å². The van der Waals surface area contributed by atoms with E-state index in [0.29, 0.717) is 5.92 Å². The third-order valence-corrected chi connectivity index (χ3v) is 4.63. The van der Waals surface area contributed by atoms with E-state index in [0.717, 1.165) is 16.6 Å². The lowest BCUT2D eigenvalue weighted by Gasteiger charge is -2.27. The molecule has 2 unspecified atom stereocenters. The summed E-state index contributed by atoms with van der Waals surface area (Å²) in [5, 5.41) is 0. The zero-order valence-electron chi connectivity index (χ0n) is 11.4. The molecule has 1 aromatic carbocycles. The molecule has 1 aromatic heterocycles. The van der Waals surface area contributed by atoms with E-state index in [-0.39, 0.29) is 6.04 Å². The lowest BCUT2D eigenvalue weighted by Crippen LogP contribution is -2.18. The minimum atomic E-state index is 0.0132. The number of pyridine rings is 1. The number of aryl methyl sites for hydroxylation is 1. The van der Waals surface area contributed by atoms with Crippen LogP contribution in [0, 0.1) is 0 Å². The first kappa shape index (κ1) is 13.8. The molecule has 104 valence electrons. The summed E-state index contributed by atoms with van der Waals surface area (Å²) >= 11 is 3.41. The van der Waals surface area contributed by atoms with Crippen LogP contribution < -0.4 is 5.73 Å². The molecule has 2 aromatic rings. The van der Waals surface area contributed by atoms with Crippen LogP contribution in [0.15, 0.2) is 47.1 Å². The Morgan fingerprint density at radius 2 is 2.10 bits per heavy atom. The minimum Gasteiger partial charge on any atom is -0.323 e. The van der Waals surface area contributed by atoms with Crippen LogP contribution >= 0.6 is 15.9 Å². The Morgan fingerprint density at radius 3 is 2.90 bits per heavy atom. The van der Waals surface area contributed by atoms with Crippen LogP contribution in [-0.2, 0) is 6.42 Å². The molecular weight excluding hydrogens is 312 g/mol. The van der Waals surface area contributed by atoms with Gasteiger partial charge in [0, 0.05) is 16.7 Å². The maximum atomic E-state index is 6.36. The van der Waals surface area contributed by atoms with Crippen molar-refractivity contribution in [2.75, 3.05) is 0 Å². The number of hydrogen-bond donors (Lipinski definition) is 1. The second kappa shape index (κ2) is 6.06. The van der Waals surface area contributed by atoms with E-state index in [4.69, 9.17) is 5.73 Å². The summed E-state index contributed by atoms with van der Waals surface area (Å²) in [6.07, 6.45) is 6.51. The van der Waals surface area contributed by atoms with Crippen molar-refractivity contribution in [3.05, 3.63) is 63.9 Å². The summed E-state index contributed by atoms with van der Waals surface area (Å²) in [6.45, 7) is 0. The highest BCUT2D eigenvalue weighted by atomic mass is 79.9. The molecular formula is C17H19BrN2. The van der Waals surface area contributed by atoms with Gasteiger partial charge >= 0.3 is 0 Å². The van der Waals surface area contributed by atoms with Gasteiger partial charge in [-0.15, -0.1) is 0 Å². The second-order valence-electron chi connectivity index (χ2n) is 5.53. The summed E-state index contributed by atoms with van der Waals surface area (Å²) in [5.74, 6) is 0.570. The molecule has 1 heterocycles. The standard InChI is InChI=1S/C17H19BrN2/c18-14-8-9-17(20-11-14)16(19)10-13-6-3-5-12-4-1-2-7-15(12)13/h1-2,4,7-9,11,13,16H,3,5-6,10,19H2. The van der Waals surface area contributed by atoms with E-state index in [2.05, 4.69) is 45.2 Å². The Kier molecular flexibility index (Phi) is 4.18. The minimum absolute atomic E-state index is 0.0132. The molecule has 2 nitrogen and oxygen atoms in total. The average molecular weight is 331 g/mol. The molecule has 20 heavy (non-hydrogen) atoms. The number of benzene rings is 1. The monoisotopic (exact) mass is 330 g/mol. The van der Waals surface area contributed by atoms with Crippen molar-refractivity contribution >= 4 is 15.9 Å². The van der Waals surface area contributed by atoms with Crippen molar-refractivity contribution in [2.45, 2.75) is 37.6 Å². The topological polar surface area (TPSA) is 38.9 Å².